The third kappa shape index (κ3) is 2.61. The number of nitrogens with one attached hydrogen (secondary N) is 1. The lowest BCUT2D eigenvalue weighted by Gasteiger charge is -2.05. The van der Waals surface area contributed by atoms with Crippen molar-refractivity contribution in [3.63, 3.8) is 0 Å². The molecule has 0 saturated heterocycles. The van der Waals surface area contributed by atoms with E-state index < -0.39 is 0 Å². The summed E-state index contributed by atoms with van der Waals surface area (Å²) in [5.74, 6) is 1.28. The molecule has 0 radical (unpaired) electrons. The van der Waals surface area contributed by atoms with Crippen LogP contribution in [0.15, 0.2) is 47.6 Å². The van der Waals surface area contributed by atoms with Crippen molar-refractivity contribution in [1.29, 1.82) is 0 Å². The minimum absolute atomic E-state index is 0.536. The first-order valence-electron chi connectivity index (χ1n) is 7.64. The molecule has 1 aromatic heterocycles. The fraction of sp³-hybridized carbons (Fsp3) is 0.167. The number of nitrogens with zero attached hydrogens (tertiary/aromatic N) is 3. The van der Waals surface area contributed by atoms with E-state index >= 15 is 0 Å². The van der Waals surface area contributed by atoms with Gasteiger partial charge < -0.3 is 11.1 Å². The fourth-order valence-corrected chi connectivity index (χ4v) is 2.88. The number of nitrogens with two attached hydrogens (primary N) is 1. The molecular formula is C18H17N5. The molecule has 0 atom stereocenters. The van der Waals surface area contributed by atoms with E-state index in [9.17, 15) is 0 Å². The van der Waals surface area contributed by atoms with Gasteiger partial charge in [0.1, 0.15) is 0 Å². The molecular weight excluding hydrogens is 286 g/mol. The third-order valence-corrected chi connectivity index (χ3v) is 3.94. The molecule has 114 valence electrons. The van der Waals surface area contributed by atoms with Crippen LogP contribution in [0.2, 0.25) is 0 Å². The van der Waals surface area contributed by atoms with Crippen LogP contribution in [0.3, 0.4) is 0 Å². The van der Waals surface area contributed by atoms with E-state index in [0.717, 1.165) is 40.9 Å². The number of fused-ring (bicyclic) bond motifs is 2. The van der Waals surface area contributed by atoms with E-state index in [4.69, 9.17) is 5.73 Å². The van der Waals surface area contributed by atoms with Crippen molar-refractivity contribution in [1.82, 2.24) is 9.97 Å². The Morgan fingerprint density at radius 2 is 2.13 bits per heavy atom. The van der Waals surface area contributed by atoms with Crippen molar-refractivity contribution in [2.45, 2.75) is 13.3 Å². The molecule has 5 nitrogen and oxygen atoms in total. The number of aliphatic imine (C=N–C) groups is 1. The zero-order valence-corrected chi connectivity index (χ0v) is 12.9. The molecule has 2 heterocycles. The molecule has 3 N–H and O–H groups in total. The summed E-state index contributed by atoms with van der Waals surface area (Å²) in [4.78, 5) is 13.5. The minimum atomic E-state index is 0.536. The van der Waals surface area contributed by atoms with Gasteiger partial charge in [0, 0.05) is 29.4 Å². The first kappa shape index (κ1) is 13.7. The van der Waals surface area contributed by atoms with Crippen molar-refractivity contribution in [2.75, 3.05) is 11.9 Å². The first-order valence-corrected chi connectivity index (χ1v) is 7.64. The third-order valence-electron chi connectivity index (χ3n) is 3.94. The van der Waals surface area contributed by atoms with E-state index in [1.54, 1.807) is 6.92 Å². The molecule has 1 aliphatic heterocycles. The lowest BCUT2D eigenvalue weighted by Crippen LogP contribution is -2.03. The van der Waals surface area contributed by atoms with E-state index in [1.165, 1.54) is 11.3 Å². The molecule has 2 aromatic carbocycles. The Bertz CT molecular complexity index is 926. The van der Waals surface area contributed by atoms with Gasteiger partial charge in [0.05, 0.1) is 17.0 Å². The molecule has 0 bridgehead atoms. The van der Waals surface area contributed by atoms with Crippen LogP contribution < -0.4 is 11.1 Å². The number of benzene rings is 2. The van der Waals surface area contributed by atoms with Gasteiger partial charge in [-0.1, -0.05) is 0 Å². The van der Waals surface area contributed by atoms with Crippen molar-refractivity contribution in [3.05, 3.63) is 48.2 Å². The molecule has 0 saturated carbocycles. The largest absolute Gasteiger partial charge is 0.387 e. The van der Waals surface area contributed by atoms with E-state index in [0.29, 0.717) is 5.84 Å². The van der Waals surface area contributed by atoms with Gasteiger partial charge in [0.15, 0.2) is 5.82 Å². The smallest absolute Gasteiger partial charge is 0.159 e. The van der Waals surface area contributed by atoms with E-state index in [-0.39, 0.29) is 0 Å². The molecule has 4 rings (SSSR count). The van der Waals surface area contributed by atoms with Crippen LogP contribution in [-0.2, 0) is 6.42 Å². The maximum absolute atomic E-state index is 5.63. The Balaban J connectivity index is 1.76. The average Bonchev–Trinajstić information content (AvgIpc) is 3.01. The number of hydrogen-bond acceptors (Lipinski definition) is 4. The highest BCUT2D eigenvalue weighted by Crippen LogP contribution is 2.28. The van der Waals surface area contributed by atoms with E-state index in [2.05, 4.69) is 38.5 Å². The quantitative estimate of drug-likeness (QED) is 0.562. The second-order valence-corrected chi connectivity index (χ2v) is 5.74. The van der Waals surface area contributed by atoms with Crippen molar-refractivity contribution >= 4 is 28.1 Å². The second kappa shape index (κ2) is 5.35. The summed E-state index contributed by atoms with van der Waals surface area (Å²) in [5.41, 5.74) is 10.9. The van der Waals surface area contributed by atoms with Crippen LogP contribution in [0.1, 0.15) is 12.5 Å². The SMILES string of the molecule is CC(N)=Nc1ccc2nc(-c3ccc4c(c3)CCN4)ncc2c1. The molecule has 5 heteroatoms. The predicted octanol–water partition coefficient (Wildman–Crippen LogP) is 3.27. The van der Waals surface area contributed by atoms with Crippen LogP contribution in [0.5, 0.6) is 0 Å². The number of aromatic nitrogens is 2. The predicted molar refractivity (Wildman–Crippen MR) is 94.1 cm³/mol. The van der Waals surface area contributed by atoms with Crippen molar-refractivity contribution in [2.24, 2.45) is 10.7 Å². The lowest BCUT2D eigenvalue weighted by molar-refractivity contribution is 1.10. The topological polar surface area (TPSA) is 76.2 Å². The highest BCUT2D eigenvalue weighted by molar-refractivity contribution is 5.86. The first-order chi connectivity index (χ1) is 11.2. The summed E-state index contributed by atoms with van der Waals surface area (Å²) in [6.45, 7) is 2.77. The summed E-state index contributed by atoms with van der Waals surface area (Å²) in [5, 5.41) is 4.32. The molecule has 3 aromatic rings. The van der Waals surface area contributed by atoms with Crippen LogP contribution in [0.4, 0.5) is 11.4 Å². The Hall–Kier alpha value is -2.95. The lowest BCUT2D eigenvalue weighted by atomic mass is 10.1. The zero-order valence-electron chi connectivity index (χ0n) is 12.9. The number of hydrogen-bond donors (Lipinski definition) is 2. The molecule has 0 unspecified atom stereocenters. The average molecular weight is 303 g/mol. The number of rotatable bonds is 2. The van der Waals surface area contributed by atoms with Gasteiger partial charge in [-0.2, -0.15) is 0 Å². The molecule has 0 fully saturated rings. The van der Waals surface area contributed by atoms with Crippen LogP contribution in [-0.4, -0.2) is 22.3 Å². The van der Waals surface area contributed by atoms with Gasteiger partial charge in [0.25, 0.3) is 0 Å². The molecule has 23 heavy (non-hydrogen) atoms. The van der Waals surface area contributed by atoms with Crippen LogP contribution in [0.25, 0.3) is 22.3 Å². The van der Waals surface area contributed by atoms with Crippen molar-refractivity contribution < 1.29 is 0 Å². The maximum atomic E-state index is 5.63. The Labute approximate surface area is 134 Å². The highest BCUT2D eigenvalue weighted by atomic mass is 14.9. The highest BCUT2D eigenvalue weighted by Gasteiger charge is 2.12. The van der Waals surface area contributed by atoms with Crippen molar-refractivity contribution in [3.8, 4) is 11.4 Å². The van der Waals surface area contributed by atoms with Gasteiger partial charge in [-0.15, -0.1) is 0 Å². The summed E-state index contributed by atoms with van der Waals surface area (Å²) < 4.78 is 0. The Morgan fingerprint density at radius 1 is 1.22 bits per heavy atom. The molecule has 0 amide bonds. The number of amidine groups is 1. The Morgan fingerprint density at radius 3 is 3.00 bits per heavy atom. The van der Waals surface area contributed by atoms with Gasteiger partial charge >= 0.3 is 0 Å². The number of anilines is 1. The molecule has 0 spiro atoms. The standard InChI is InChI=1S/C18H17N5/c1-11(19)22-15-3-5-17-14(9-15)10-21-18(23-17)13-2-4-16-12(8-13)6-7-20-16/h2-5,8-10,20H,6-7H2,1H3,(H2,19,22). The van der Waals surface area contributed by atoms with Gasteiger partial charge in [0.2, 0.25) is 0 Å². The van der Waals surface area contributed by atoms with E-state index in [1.807, 2.05) is 24.4 Å². The normalized spacial score (nSPS) is 13.9. The van der Waals surface area contributed by atoms with Gasteiger partial charge in [-0.05, 0) is 55.3 Å². The second-order valence-electron chi connectivity index (χ2n) is 5.74. The molecule has 0 aliphatic carbocycles. The monoisotopic (exact) mass is 303 g/mol. The fourth-order valence-electron chi connectivity index (χ4n) is 2.88. The zero-order chi connectivity index (χ0) is 15.8. The summed E-state index contributed by atoms with van der Waals surface area (Å²) in [7, 11) is 0. The minimum Gasteiger partial charge on any atom is -0.387 e. The molecule has 1 aliphatic rings. The maximum Gasteiger partial charge on any atom is 0.159 e. The summed E-state index contributed by atoms with van der Waals surface area (Å²) in [6.07, 6.45) is 2.89. The Kier molecular flexibility index (Phi) is 3.19. The van der Waals surface area contributed by atoms with Gasteiger partial charge in [-0.3, -0.25) is 0 Å². The summed E-state index contributed by atoms with van der Waals surface area (Å²) >= 11 is 0. The summed E-state index contributed by atoms with van der Waals surface area (Å²) in [6, 6.07) is 12.2. The van der Waals surface area contributed by atoms with Gasteiger partial charge in [-0.25, -0.2) is 15.0 Å². The van der Waals surface area contributed by atoms with Crippen LogP contribution >= 0.6 is 0 Å². The van der Waals surface area contributed by atoms with Crippen LogP contribution in [0, 0.1) is 0 Å².